The van der Waals surface area contributed by atoms with Gasteiger partial charge in [0.2, 0.25) is 0 Å². The molecule has 0 bridgehead atoms. The van der Waals surface area contributed by atoms with Gasteiger partial charge in [0.15, 0.2) is 0 Å². The molecule has 2 N–H and O–H groups in total. The number of hydrogen-bond acceptors (Lipinski definition) is 4. The summed E-state index contributed by atoms with van der Waals surface area (Å²) in [5.41, 5.74) is 4.26. The molecule has 0 aromatic heterocycles. The Morgan fingerprint density at radius 1 is 1.11 bits per heavy atom. The molecule has 1 heterocycles. The lowest BCUT2D eigenvalue weighted by molar-refractivity contribution is -0.117. The fourth-order valence-corrected chi connectivity index (χ4v) is 3.05. The van der Waals surface area contributed by atoms with Gasteiger partial charge < -0.3 is 10.0 Å². The molecule has 0 unspecified atom stereocenters. The molecule has 3 rings (SSSR count). The van der Waals surface area contributed by atoms with E-state index < -0.39 is 11.8 Å². The van der Waals surface area contributed by atoms with Crippen molar-refractivity contribution in [3.63, 3.8) is 0 Å². The minimum Gasteiger partial charge on any atom is -0.507 e. The van der Waals surface area contributed by atoms with Gasteiger partial charge in [-0.05, 0) is 56.3 Å². The van der Waals surface area contributed by atoms with Gasteiger partial charge in [-0.3, -0.25) is 15.0 Å². The molecule has 7 heteroatoms. The molecule has 6 nitrogen and oxygen atoms in total. The summed E-state index contributed by atoms with van der Waals surface area (Å²) in [6.07, 6.45) is 1.40. The van der Waals surface area contributed by atoms with Gasteiger partial charge in [-0.15, -0.1) is 0 Å². The van der Waals surface area contributed by atoms with Crippen LogP contribution in [0.15, 0.2) is 48.0 Å². The highest BCUT2D eigenvalue weighted by atomic mass is 35.5. The zero-order chi connectivity index (χ0) is 19.6. The summed E-state index contributed by atoms with van der Waals surface area (Å²) in [5, 5.41) is 12.0. The number of phenolic OH excluding ortho intramolecular Hbond substituents is 1. The van der Waals surface area contributed by atoms with E-state index in [0.717, 1.165) is 23.8 Å². The summed E-state index contributed by atoms with van der Waals surface area (Å²) in [5.74, 6) is -1.01. The third-order valence-electron chi connectivity index (χ3n) is 4.42. The van der Waals surface area contributed by atoms with E-state index in [1.165, 1.54) is 6.08 Å². The van der Waals surface area contributed by atoms with Crippen molar-refractivity contribution in [2.45, 2.75) is 13.8 Å². The molecular weight excluding hydrogens is 366 g/mol. The van der Waals surface area contributed by atoms with Crippen molar-refractivity contribution in [3.05, 3.63) is 58.6 Å². The number of hydrogen-bond donors (Lipinski definition) is 2. The normalized spacial score (nSPS) is 15.4. The summed E-state index contributed by atoms with van der Waals surface area (Å²) >= 11 is 5.86. The number of phenols is 1. The van der Waals surface area contributed by atoms with E-state index in [1.807, 2.05) is 19.9 Å². The SMILES string of the molecule is CCN(CC)c1ccc(C=C2C(=O)NN(c3ccc(Cl)cc3)C2=O)c(O)c1. The van der Waals surface area contributed by atoms with E-state index in [1.54, 1.807) is 36.4 Å². The number of nitrogens with zero attached hydrogens (tertiary/aromatic N) is 2. The Kier molecular flexibility index (Phi) is 5.37. The standard InChI is InChI=1S/C20H20ClN3O3/c1-3-23(4-2)16-8-5-13(18(25)12-16)11-17-19(26)22-24(20(17)27)15-9-6-14(21)7-10-15/h5-12,25H,3-4H2,1-2H3,(H,22,26). The molecule has 2 aromatic carbocycles. The number of carbonyl (C=O) groups is 2. The quantitative estimate of drug-likeness (QED) is 0.611. The van der Waals surface area contributed by atoms with Crippen molar-refractivity contribution in [1.29, 1.82) is 0 Å². The van der Waals surface area contributed by atoms with Gasteiger partial charge in [0.25, 0.3) is 11.8 Å². The molecule has 0 radical (unpaired) electrons. The van der Waals surface area contributed by atoms with Crippen LogP contribution in [0.5, 0.6) is 5.75 Å². The first-order valence-electron chi connectivity index (χ1n) is 8.65. The van der Waals surface area contributed by atoms with Crippen LogP contribution < -0.4 is 15.3 Å². The number of benzene rings is 2. The second-order valence-corrected chi connectivity index (χ2v) is 6.47. The highest BCUT2D eigenvalue weighted by Gasteiger charge is 2.34. The first-order valence-corrected chi connectivity index (χ1v) is 9.03. The monoisotopic (exact) mass is 385 g/mol. The average Bonchev–Trinajstić information content (AvgIpc) is 2.93. The molecule has 0 aliphatic carbocycles. The van der Waals surface area contributed by atoms with Gasteiger partial charge in [0.1, 0.15) is 11.3 Å². The van der Waals surface area contributed by atoms with Crippen LogP contribution in [-0.2, 0) is 9.59 Å². The van der Waals surface area contributed by atoms with Crippen molar-refractivity contribution >= 4 is 40.9 Å². The lowest BCUT2D eigenvalue weighted by atomic mass is 10.1. The lowest BCUT2D eigenvalue weighted by Crippen LogP contribution is -2.35. The Hall–Kier alpha value is -2.99. The number of carbonyl (C=O) groups excluding carboxylic acids is 2. The van der Waals surface area contributed by atoms with E-state index in [9.17, 15) is 14.7 Å². The molecule has 0 atom stereocenters. The third-order valence-corrected chi connectivity index (χ3v) is 4.67. The molecule has 2 amide bonds. The summed E-state index contributed by atoms with van der Waals surface area (Å²) in [6.45, 7) is 5.69. The highest BCUT2D eigenvalue weighted by molar-refractivity contribution is 6.32. The number of hydrazine groups is 1. The molecule has 27 heavy (non-hydrogen) atoms. The molecule has 1 aliphatic heterocycles. The molecule has 0 spiro atoms. The van der Waals surface area contributed by atoms with E-state index in [2.05, 4.69) is 10.3 Å². The maximum absolute atomic E-state index is 12.6. The minimum atomic E-state index is -0.526. The summed E-state index contributed by atoms with van der Waals surface area (Å²) in [6, 6.07) is 11.7. The van der Waals surface area contributed by atoms with Crippen molar-refractivity contribution in [1.82, 2.24) is 5.43 Å². The Morgan fingerprint density at radius 3 is 2.37 bits per heavy atom. The Morgan fingerprint density at radius 2 is 1.78 bits per heavy atom. The van der Waals surface area contributed by atoms with Crippen LogP contribution in [-0.4, -0.2) is 30.0 Å². The van der Waals surface area contributed by atoms with Gasteiger partial charge in [0, 0.05) is 35.4 Å². The summed E-state index contributed by atoms with van der Waals surface area (Å²) in [4.78, 5) is 27.0. The van der Waals surface area contributed by atoms with Crippen LogP contribution in [0.3, 0.4) is 0 Å². The van der Waals surface area contributed by atoms with Crippen LogP contribution in [0.2, 0.25) is 5.02 Å². The van der Waals surface area contributed by atoms with Gasteiger partial charge in [-0.2, -0.15) is 0 Å². The van der Waals surface area contributed by atoms with Crippen LogP contribution in [0.25, 0.3) is 6.08 Å². The van der Waals surface area contributed by atoms with Crippen LogP contribution >= 0.6 is 11.6 Å². The number of nitrogens with one attached hydrogen (secondary N) is 1. The van der Waals surface area contributed by atoms with E-state index in [4.69, 9.17) is 11.6 Å². The Labute approximate surface area is 162 Å². The van der Waals surface area contributed by atoms with Crippen LogP contribution in [0.4, 0.5) is 11.4 Å². The Bertz CT molecular complexity index is 905. The van der Waals surface area contributed by atoms with Crippen molar-refractivity contribution in [2.24, 2.45) is 0 Å². The van der Waals surface area contributed by atoms with Crippen molar-refractivity contribution in [2.75, 3.05) is 23.0 Å². The highest BCUT2D eigenvalue weighted by Crippen LogP contribution is 2.28. The predicted octanol–water partition coefficient (Wildman–Crippen LogP) is 3.35. The van der Waals surface area contributed by atoms with Gasteiger partial charge in [0.05, 0.1) is 5.69 Å². The zero-order valence-electron chi connectivity index (χ0n) is 15.1. The molecule has 2 aromatic rings. The van der Waals surface area contributed by atoms with E-state index in [-0.39, 0.29) is 11.3 Å². The summed E-state index contributed by atoms with van der Waals surface area (Å²) in [7, 11) is 0. The maximum Gasteiger partial charge on any atom is 0.282 e. The number of aromatic hydroxyl groups is 1. The average molecular weight is 386 g/mol. The second kappa shape index (κ2) is 7.72. The fourth-order valence-electron chi connectivity index (χ4n) is 2.92. The number of anilines is 2. The smallest absolute Gasteiger partial charge is 0.282 e. The molecule has 140 valence electrons. The van der Waals surface area contributed by atoms with Gasteiger partial charge in [-0.1, -0.05) is 11.6 Å². The van der Waals surface area contributed by atoms with Crippen LogP contribution in [0.1, 0.15) is 19.4 Å². The first kappa shape index (κ1) is 18.8. The van der Waals surface area contributed by atoms with Gasteiger partial charge in [-0.25, -0.2) is 5.01 Å². The topological polar surface area (TPSA) is 72.9 Å². The first-order chi connectivity index (χ1) is 12.9. The largest absolute Gasteiger partial charge is 0.507 e. The predicted molar refractivity (Wildman–Crippen MR) is 107 cm³/mol. The number of amides is 2. The minimum absolute atomic E-state index is 0.0115. The third kappa shape index (κ3) is 3.75. The summed E-state index contributed by atoms with van der Waals surface area (Å²) < 4.78 is 0. The van der Waals surface area contributed by atoms with E-state index in [0.29, 0.717) is 16.3 Å². The van der Waals surface area contributed by atoms with Crippen molar-refractivity contribution < 1.29 is 14.7 Å². The van der Waals surface area contributed by atoms with Crippen LogP contribution in [0, 0.1) is 0 Å². The van der Waals surface area contributed by atoms with Crippen molar-refractivity contribution in [3.8, 4) is 5.75 Å². The molecular formula is C20H20ClN3O3. The molecule has 0 saturated carbocycles. The van der Waals surface area contributed by atoms with E-state index >= 15 is 0 Å². The maximum atomic E-state index is 12.6. The van der Waals surface area contributed by atoms with Gasteiger partial charge >= 0.3 is 0 Å². The fraction of sp³-hybridized carbons (Fsp3) is 0.200. The second-order valence-electron chi connectivity index (χ2n) is 6.03. The molecule has 1 saturated heterocycles. The molecule has 1 fully saturated rings. The number of halogens is 1. The number of rotatable bonds is 5. The lowest BCUT2D eigenvalue weighted by Gasteiger charge is -2.21. The Balaban J connectivity index is 1.89. The molecule has 1 aliphatic rings. The zero-order valence-corrected chi connectivity index (χ0v) is 15.8.